The molecule has 0 saturated carbocycles. The molecule has 0 aliphatic rings. The van der Waals surface area contributed by atoms with Gasteiger partial charge in [0.25, 0.3) is 0 Å². The van der Waals surface area contributed by atoms with Crippen molar-refractivity contribution in [2.45, 2.75) is 18.2 Å². The first-order chi connectivity index (χ1) is 8.61. The predicted octanol–water partition coefficient (Wildman–Crippen LogP) is 5.47. The second-order valence-corrected chi connectivity index (χ2v) is 5.37. The minimum atomic E-state index is -0.224. The maximum Gasteiger partial charge on any atom is 0.0666 e. The summed E-state index contributed by atoms with van der Waals surface area (Å²) in [7, 11) is 0. The summed E-state index contributed by atoms with van der Waals surface area (Å²) >= 11 is 18.7. The van der Waals surface area contributed by atoms with Crippen molar-refractivity contribution in [3.05, 3.63) is 63.9 Å². The van der Waals surface area contributed by atoms with Gasteiger partial charge in [0.1, 0.15) is 0 Å². The van der Waals surface area contributed by atoms with E-state index in [1.54, 1.807) is 18.5 Å². The zero-order chi connectivity index (χ0) is 13.1. The molecule has 4 heteroatoms. The van der Waals surface area contributed by atoms with Crippen LogP contribution in [0.15, 0.2) is 42.7 Å². The highest BCUT2D eigenvalue weighted by Crippen LogP contribution is 2.40. The van der Waals surface area contributed by atoms with Crippen molar-refractivity contribution in [3.8, 4) is 0 Å². The Morgan fingerprint density at radius 3 is 2.39 bits per heavy atom. The number of benzene rings is 1. The number of rotatable bonds is 3. The summed E-state index contributed by atoms with van der Waals surface area (Å²) in [6.07, 6.45) is 3.52. The van der Waals surface area contributed by atoms with Gasteiger partial charge in [-0.2, -0.15) is 0 Å². The SMILES string of the molecule is CC(c1ccncc1)C(Cl)c1cccc(Cl)c1Cl. The van der Waals surface area contributed by atoms with E-state index >= 15 is 0 Å². The molecule has 0 amide bonds. The molecule has 0 bridgehead atoms. The molecule has 2 atom stereocenters. The van der Waals surface area contributed by atoms with Gasteiger partial charge in [-0.15, -0.1) is 11.6 Å². The highest BCUT2D eigenvalue weighted by Gasteiger charge is 2.21. The maximum atomic E-state index is 6.50. The number of pyridine rings is 1. The molecule has 0 aliphatic carbocycles. The zero-order valence-electron chi connectivity index (χ0n) is 9.78. The van der Waals surface area contributed by atoms with E-state index in [4.69, 9.17) is 34.8 Å². The first-order valence-corrected chi connectivity index (χ1v) is 6.78. The van der Waals surface area contributed by atoms with Crippen LogP contribution in [-0.4, -0.2) is 4.98 Å². The molecule has 18 heavy (non-hydrogen) atoms. The van der Waals surface area contributed by atoms with Crippen LogP contribution in [0, 0.1) is 0 Å². The van der Waals surface area contributed by atoms with Gasteiger partial charge in [-0.25, -0.2) is 0 Å². The van der Waals surface area contributed by atoms with Crippen molar-refractivity contribution in [1.82, 2.24) is 4.98 Å². The lowest BCUT2D eigenvalue weighted by Gasteiger charge is -2.20. The lowest BCUT2D eigenvalue weighted by atomic mass is 9.94. The molecule has 0 saturated heterocycles. The van der Waals surface area contributed by atoms with Gasteiger partial charge in [-0.3, -0.25) is 4.98 Å². The van der Waals surface area contributed by atoms with Crippen LogP contribution in [0.2, 0.25) is 10.0 Å². The van der Waals surface area contributed by atoms with Crippen LogP contribution in [-0.2, 0) is 0 Å². The van der Waals surface area contributed by atoms with Crippen molar-refractivity contribution >= 4 is 34.8 Å². The molecule has 1 aromatic carbocycles. The Morgan fingerprint density at radius 1 is 1.06 bits per heavy atom. The van der Waals surface area contributed by atoms with E-state index in [1.807, 2.05) is 24.3 Å². The van der Waals surface area contributed by atoms with E-state index < -0.39 is 0 Å². The summed E-state index contributed by atoms with van der Waals surface area (Å²) in [5.74, 6) is 0.130. The Bertz CT molecular complexity index is 528. The van der Waals surface area contributed by atoms with E-state index in [9.17, 15) is 0 Å². The average Bonchev–Trinajstić information content (AvgIpc) is 2.41. The van der Waals surface area contributed by atoms with Gasteiger partial charge in [0.05, 0.1) is 15.4 Å². The molecular weight excluding hydrogens is 289 g/mol. The third-order valence-electron chi connectivity index (χ3n) is 2.95. The lowest BCUT2D eigenvalue weighted by Crippen LogP contribution is -2.03. The molecule has 1 nitrogen and oxygen atoms in total. The topological polar surface area (TPSA) is 12.9 Å². The maximum absolute atomic E-state index is 6.50. The Labute approximate surface area is 122 Å². The third-order valence-corrected chi connectivity index (χ3v) is 4.40. The van der Waals surface area contributed by atoms with Gasteiger partial charge in [0.2, 0.25) is 0 Å². The van der Waals surface area contributed by atoms with Crippen LogP contribution in [0.4, 0.5) is 0 Å². The van der Waals surface area contributed by atoms with Crippen LogP contribution < -0.4 is 0 Å². The Hall–Kier alpha value is -0.760. The Kier molecular flexibility index (Phi) is 4.50. The first-order valence-electron chi connectivity index (χ1n) is 5.59. The standard InChI is InChI=1S/C14H12Cl3N/c1-9(10-5-7-18-8-6-10)13(16)11-3-2-4-12(15)14(11)17/h2-9,13H,1H3. The average molecular weight is 301 g/mol. The van der Waals surface area contributed by atoms with Crippen molar-refractivity contribution in [1.29, 1.82) is 0 Å². The predicted molar refractivity (Wildman–Crippen MR) is 77.7 cm³/mol. The van der Waals surface area contributed by atoms with E-state index in [2.05, 4.69) is 11.9 Å². The van der Waals surface area contributed by atoms with Crippen LogP contribution >= 0.6 is 34.8 Å². The summed E-state index contributed by atoms with van der Waals surface area (Å²) in [6, 6.07) is 9.44. The zero-order valence-corrected chi connectivity index (χ0v) is 12.0. The molecule has 0 spiro atoms. The summed E-state index contributed by atoms with van der Waals surface area (Å²) in [6.45, 7) is 2.06. The number of alkyl halides is 1. The Balaban J connectivity index is 2.31. The quantitative estimate of drug-likeness (QED) is 0.685. The van der Waals surface area contributed by atoms with Crippen LogP contribution in [0.3, 0.4) is 0 Å². The monoisotopic (exact) mass is 299 g/mol. The van der Waals surface area contributed by atoms with E-state index in [1.165, 1.54) is 0 Å². The van der Waals surface area contributed by atoms with E-state index in [-0.39, 0.29) is 11.3 Å². The molecule has 2 unspecified atom stereocenters. The highest BCUT2D eigenvalue weighted by molar-refractivity contribution is 6.43. The minimum Gasteiger partial charge on any atom is -0.265 e. The van der Waals surface area contributed by atoms with E-state index in [0.717, 1.165) is 11.1 Å². The van der Waals surface area contributed by atoms with Crippen molar-refractivity contribution in [3.63, 3.8) is 0 Å². The van der Waals surface area contributed by atoms with E-state index in [0.29, 0.717) is 10.0 Å². The summed E-state index contributed by atoms with van der Waals surface area (Å²) in [5, 5.41) is 0.834. The summed E-state index contributed by atoms with van der Waals surface area (Å²) < 4.78 is 0. The molecule has 2 rings (SSSR count). The van der Waals surface area contributed by atoms with Gasteiger partial charge in [-0.05, 0) is 29.3 Å². The second-order valence-electron chi connectivity index (χ2n) is 4.11. The molecule has 94 valence electrons. The first kappa shape index (κ1) is 13.7. The fourth-order valence-electron chi connectivity index (χ4n) is 1.84. The number of halogens is 3. The number of hydrogen-bond acceptors (Lipinski definition) is 1. The largest absolute Gasteiger partial charge is 0.265 e. The number of hydrogen-bond donors (Lipinski definition) is 0. The normalized spacial score (nSPS) is 14.2. The smallest absolute Gasteiger partial charge is 0.0666 e. The summed E-state index contributed by atoms with van der Waals surface area (Å²) in [5.41, 5.74) is 1.98. The van der Waals surface area contributed by atoms with Crippen molar-refractivity contribution in [2.75, 3.05) is 0 Å². The van der Waals surface area contributed by atoms with Crippen LogP contribution in [0.25, 0.3) is 0 Å². The molecule has 0 fully saturated rings. The number of nitrogens with zero attached hydrogens (tertiary/aromatic N) is 1. The van der Waals surface area contributed by atoms with Gasteiger partial charge < -0.3 is 0 Å². The van der Waals surface area contributed by atoms with Crippen LogP contribution in [0.1, 0.15) is 29.3 Å². The third kappa shape index (κ3) is 2.80. The second kappa shape index (κ2) is 5.92. The fourth-order valence-corrected chi connectivity index (χ4v) is 2.65. The molecule has 1 heterocycles. The molecule has 0 radical (unpaired) electrons. The van der Waals surface area contributed by atoms with Crippen molar-refractivity contribution < 1.29 is 0 Å². The molecule has 2 aromatic rings. The lowest BCUT2D eigenvalue weighted by molar-refractivity contribution is 0.730. The van der Waals surface area contributed by atoms with Crippen LogP contribution in [0.5, 0.6) is 0 Å². The minimum absolute atomic E-state index is 0.130. The molecule has 0 aliphatic heterocycles. The molecule has 1 aromatic heterocycles. The van der Waals surface area contributed by atoms with Gasteiger partial charge in [0.15, 0.2) is 0 Å². The fraction of sp³-hybridized carbons (Fsp3) is 0.214. The Morgan fingerprint density at radius 2 is 1.72 bits per heavy atom. The van der Waals surface area contributed by atoms with Crippen molar-refractivity contribution in [2.24, 2.45) is 0 Å². The number of aromatic nitrogens is 1. The summed E-state index contributed by atoms with van der Waals surface area (Å²) in [4.78, 5) is 4.00. The van der Waals surface area contributed by atoms with Gasteiger partial charge >= 0.3 is 0 Å². The highest BCUT2D eigenvalue weighted by atomic mass is 35.5. The van der Waals surface area contributed by atoms with Gasteiger partial charge in [-0.1, -0.05) is 42.3 Å². The molecule has 0 N–H and O–H groups in total. The molecular formula is C14H12Cl3N. The van der Waals surface area contributed by atoms with Gasteiger partial charge in [0, 0.05) is 18.3 Å².